The van der Waals surface area contributed by atoms with Crippen LogP contribution in [0, 0.1) is 16.0 Å². The Morgan fingerprint density at radius 2 is 1.87 bits per heavy atom. The van der Waals surface area contributed by atoms with Gasteiger partial charge in [0.1, 0.15) is 6.04 Å². The highest BCUT2D eigenvalue weighted by molar-refractivity contribution is 6.02. The molecule has 2 aliphatic rings. The first-order chi connectivity index (χ1) is 14.4. The van der Waals surface area contributed by atoms with Crippen LogP contribution in [0.25, 0.3) is 0 Å². The van der Waals surface area contributed by atoms with E-state index in [1.807, 2.05) is 6.92 Å². The molecule has 2 aromatic carbocycles. The zero-order valence-corrected chi connectivity index (χ0v) is 16.6. The highest BCUT2D eigenvalue weighted by Gasteiger charge is 2.55. The lowest BCUT2D eigenvalue weighted by molar-refractivity contribution is -0.385. The van der Waals surface area contributed by atoms with Crippen LogP contribution in [-0.4, -0.2) is 35.5 Å². The van der Waals surface area contributed by atoms with E-state index in [0.29, 0.717) is 16.8 Å². The number of para-hydroxylation sites is 1. The van der Waals surface area contributed by atoms with Gasteiger partial charge in [-0.1, -0.05) is 18.2 Å². The smallest absolute Gasteiger partial charge is 0.338 e. The summed E-state index contributed by atoms with van der Waals surface area (Å²) in [5.41, 5.74) is 7.51. The van der Waals surface area contributed by atoms with E-state index in [2.05, 4.69) is 10.9 Å². The molecular weight excluding hydrogens is 388 g/mol. The van der Waals surface area contributed by atoms with Crippen LogP contribution in [0.15, 0.2) is 48.5 Å². The molecule has 9 nitrogen and oxygen atoms in total. The summed E-state index contributed by atoms with van der Waals surface area (Å²) in [6.45, 7) is 3.94. The van der Waals surface area contributed by atoms with Crippen LogP contribution in [0.3, 0.4) is 0 Å². The molecule has 0 saturated carbocycles. The fraction of sp³-hybridized carbons (Fsp3) is 0.333. The second-order valence-electron chi connectivity index (χ2n) is 7.37. The van der Waals surface area contributed by atoms with Crippen molar-refractivity contribution in [2.75, 3.05) is 11.5 Å². The maximum Gasteiger partial charge on any atom is 0.338 e. The molecule has 2 aromatic rings. The molecule has 0 aliphatic carbocycles. The Morgan fingerprint density at radius 1 is 1.17 bits per heavy atom. The van der Waals surface area contributed by atoms with Crippen molar-refractivity contribution in [1.29, 1.82) is 0 Å². The predicted octanol–water partition coefficient (Wildman–Crippen LogP) is 2.34. The molecular formula is C21H22N4O5. The van der Waals surface area contributed by atoms with Crippen LogP contribution in [0.5, 0.6) is 0 Å². The molecule has 2 saturated heterocycles. The summed E-state index contributed by atoms with van der Waals surface area (Å²) < 4.78 is 5.01. The minimum Gasteiger partial charge on any atom is -0.462 e. The number of nitro groups is 1. The third-order valence-corrected chi connectivity index (χ3v) is 5.68. The Labute approximate surface area is 173 Å². The number of hydrogen-bond acceptors (Lipinski definition) is 7. The van der Waals surface area contributed by atoms with E-state index in [0.717, 1.165) is 0 Å². The number of carbonyl (C=O) groups is 2. The number of benzene rings is 2. The molecule has 156 valence electrons. The van der Waals surface area contributed by atoms with Crippen molar-refractivity contribution < 1.29 is 19.2 Å². The number of anilines is 1. The van der Waals surface area contributed by atoms with Crippen LogP contribution < -0.4 is 15.8 Å². The van der Waals surface area contributed by atoms with Gasteiger partial charge in [0, 0.05) is 23.7 Å². The summed E-state index contributed by atoms with van der Waals surface area (Å²) in [5.74, 6) is -0.823. The van der Waals surface area contributed by atoms with Gasteiger partial charge in [0.05, 0.1) is 28.7 Å². The second kappa shape index (κ2) is 7.85. The summed E-state index contributed by atoms with van der Waals surface area (Å²) in [7, 11) is 0. The maximum atomic E-state index is 13.3. The Morgan fingerprint density at radius 3 is 2.53 bits per heavy atom. The van der Waals surface area contributed by atoms with Crippen molar-refractivity contribution in [2.45, 2.75) is 32.0 Å². The molecule has 0 aromatic heterocycles. The van der Waals surface area contributed by atoms with Crippen LogP contribution in [0.2, 0.25) is 0 Å². The third-order valence-electron chi connectivity index (χ3n) is 5.68. The van der Waals surface area contributed by atoms with E-state index in [1.54, 1.807) is 54.3 Å². The van der Waals surface area contributed by atoms with Crippen LogP contribution in [0.4, 0.5) is 11.4 Å². The summed E-state index contributed by atoms with van der Waals surface area (Å²) >= 11 is 0. The monoisotopic (exact) mass is 410 g/mol. The second-order valence-corrected chi connectivity index (χ2v) is 7.37. The number of nitro benzene ring substituents is 1. The summed E-state index contributed by atoms with van der Waals surface area (Å²) in [5, 5.41) is 11.7. The molecule has 30 heavy (non-hydrogen) atoms. The van der Waals surface area contributed by atoms with Gasteiger partial charge in [0.2, 0.25) is 5.91 Å². The van der Waals surface area contributed by atoms with Gasteiger partial charge in [-0.2, -0.15) is 0 Å². The average Bonchev–Trinajstić information content (AvgIpc) is 3.26. The van der Waals surface area contributed by atoms with Gasteiger partial charge in [0.15, 0.2) is 0 Å². The molecule has 4 unspecified atom stereocenters. The number of fused-ring (bicyclic) bond motifs is 1. The SMILES string of the molecule is CCOC(=O)c1ccc(N2C(=O)C3NNC(C)C3C2c2ccccc2[N+](=O)[O-])cc1. The molecule has 0 bridgehead atoms. The molecule has 2 N–H and O–H groups in total. The number of ether oxygens (including phenoxy) is 1. The Kier molecular flexibility index (Phi) is 5.23. The van der Waals surface area contributed by atoms with E-state index in [-0.39, 0.29) is 30.2 Å². The predicted molar refractivity (Wildman–Crippen MR) is 109 cm³/mol. The van der Waals surface area contributed by atoms with Gasteiger partial charge in [-0.25, -0.2) is 10.2 Å². The first kappa shape index (κ1) is 20.0. The van der Waals surface area contributed by atoms with Gasteiger partial charge in [0.25, 0.3) is 5.69 Å². The Bertz CT molecular complexity index is 993. The van der Waals surface area contributed by atoms with E-state index in [1.165, 1.54) is 6.07 Å². The normalized spacial score (nSPS) is 25.3. The lowest BCUT2D eigenvalue weighted by atomic mass is 9.86. The molecule has 4 atom stereocenters. The first-order valence-electron chi connectivity index (χ1n) is 9.78. The highest BCUT2D eigenvalue weighted by Crippen LogP contribution is 2.46. The third kappa shape index (κ3) is 3.21. The first-order valence-corrected chi connectivity index (χ1v) is 9.78. The number of nitrogens with zero attached hydrogens (tertiary/aromatic N) is 2. The molecule has 2 heterocycles. The Balaban J connectivity index is 1.79. The van der Waals surface area contributed by atoms with Crippen molar-refractivity contribution in [1.82, 2.24) is 10.9 Å². The standard InChI is InChI=1S/C21H22N4O5/c1-3-30-21(27)13-8-10-14(11-9-13)24-19(15-6-4-5-7-16(15)25(28)29)17-12(2)22-23-18(17)20(24)26/h4-12,17-19,22-23H,3H2,1-2H3. The number of hydrogen-bond donors (Lipinski definition) is 2. The Hall–Kier alpha value is -3.30. The molecule has 0 radical (unpaired) electrons. The van der Waals surface area contributed by atoms with Crippen molar-refractivity contribution >= 4 is 23.3 Å². The van der Waals surface area contributed by atoms with Gasteiger partial charge in [-0.05, 0) is 38.1 Å². The van der Waals surface area contributed by atoms with Crippen molar-refractivity contribution in [2.24, 2.45) is 5.92 Å². The topological polar surface area (TPSA) is 114 Å². The van der Waals surface area contributed by atoms with E-state index >= 15 is 0 Å². The van der Waals surface area contributed by atoms with Crippen molar-refractivity contribution in [3.05, 3.63) is 69.8 Å². The zero-order valence-electron chi connectivity index (χ0n) is 16.6. The zero-order chi connectivity index (χ0) is 21.4. The van der Waals surface area contributed by atoms with E-state index in [9.17, 15) is 19.7 Å². The number of rotatable bonds is 5. The molecule has 0 spiro atoms. The summed E-state index contributed by atoms with van der Waals surface area (Å²) in [6.07, 6.45) is 0. The number of hydrazine groups is 1. The quantitative estimate of drug-likeness (QED) is 0.442. The minimum atomic E-state index is -0.532. The number of carbonyl (C=O) groups excluding carboxylic acids is 2. The van der Waals surface area contributed by atoms with Crippen LogP contribution >= 0.6 is 0 Å². The van der Waals surface area contributed by atoms with Gasteiger partial charge in [-0.3, -0.25) is 20.3 Å². The van der Waals surface area contributed by atoms with Gasteiger partial charge < -0.3 is 9.64 Å². The maximum absolute atomic E-state index is 13.3. The summed E-state index contributed by atoms with van der Waals surface area (Å²) in [4.78, 5) is 38.1. The fourth-order valence-corrected chi connectivity index (χ4v) is 4.35. The average molecular weight is 410 g/mol. The van der Waals surface area contributed by atoms with E-state index in [4.69, 9.17) is 4.74 Å². The highest BCUT2D eigenvalue weighted by atomic mass is 16.6. The van der Waals surface area contributed by atoms with Crippen molar-refractivity contribution in [3.63, 3.8) is 0 Å². The number of amides is 1. The molecule has 2 fully saturated rings. The summed E-state index contributed by atoms with van der Waals surface area (Å²) in [6, 6.07) is 11.9. The number of nitrogens with one attached hydrogen (secondary N) is 2. The van der Waals surface area contributed by atoms with Gasteiger partial charge >= 0.3 is 5.97 Å². The molecule has 1 amide bonds. The van der Waals surface area contributed by atoms with Crippen molar-refractivity contribution in [3.8, 4) is 0 Å². The molecule has 9 heteroatoms. The molecule has 4 rings (SSSR count). The molecule has 2 aliphatic heterocycles. The largest absolute Gasteiger partial charge is 0.462 e. The van der Waals surface area contributed by atoms with Crippen LogP contribution in [-0.2, 0) is 9.53 Å². The lowest BCUT2D eigenvalue weighted by Crippen LogP contribution is -2.42. The number of esters is 1. The van der Waals surface area contributed by atoms with Crippen LogP contribution in [0.1, 0.15) is 35.8 Å². The van der Waals surface area contributed by atoms with Gasteiger partial charge in [-0.15, -0.1) is 0 Å². The minimum absolute atomic E-state index is 0.0248. The fourth-order valence-electron chi connectivity index (χ4n) is 4.35. The van der Waals surface area contributed by atoms with E-state index < -0.39 is 23.0 Å². The lowest BCUT2D eigenvalue weighted by Gasteiger charge is -2.30.